The van der Waals surface area contributed by atoms with Crippen molar-refractivity contribution >= 4 is 53.5 Å². The second-order valence-electron chi connectivity index (χ2n) is 29.7. The minimum absolute atomic E-state index is 0.00856. The zero-order valence-electron chi connectivity index (χ0n) is 69.3. The first-order valence-corrected chi connectivity index (χ1v) is 42.3. The molecule has 0 saturated carbocycles. The normalized spacial score (nSPS) is 24.1. The number of azide groups is 1. The number of carbonyl (C=O) groups excluding carboxylic acids is 7. The van der Waals surface area contributed by atoms with Crippen molar-refractivity contribution < 1.29 is 119 Å². The summed E-state index contributed by atoms with van der Waals surface area (Å²) in [6.07, 6.45) is -6.32. The van der Waals surface area contributed by atoms with Crippen molar-refractivity contribution in [2.45, 2.75) is 227 Å². The molecule has 4 saturated heterocycles. The van der Waals surface area contributed by atoms with Crippen LogP contribution in [-0.2, 0) is 103 Å². The maximum absolute atomic E-state index is 15.4. The van der Waals surface area contributed by atoms with Gasteiger partial charge in [-0.1, -0.05) is 216 Å². The van der Waals surface area contributed by atoms with Crippen LogP contribution in [-0.4, -0.2) is 185 Å². The second-order valence-corrected chi connectivity index (χ2v) is 31.0. The Morgan fingerprint density at radius 2 is 0.967 bits per heavy atom. The third-order valence-electron chi connectivity index (χ3n) is 20.8. The Balaban J connectivity index is 1.03. The highest BCUT2D eigenvalue weighted by molar-refractivity contribution is 8.00. The van der Waals surface area contributed by atoms with Gasteiger partial charge in [-0.05, 0) is 102 Å². The van der Waals surface area contributed by atoms with E-state index in [-0.39, 0.29) is 42.1 Å². The average Bonchev–Trinajstić information content (AvgIpc) is 0.741. The van der Waals surface area contributed by atoms with Gasteiger partial charge in [0.15, 0.2) is 49.4 Å². The molecule has 650 valence electrons. The van der Waals surface area contributed by atoms with E-state index in [4.69, 9.17) is 85.3 Å². The van der Waals surface area contributed by atoms with Gasteiger partial charge in [-0.3, -0.25) is 14.4 Å². The minimum atomic E-state index is -1.94. The van der Waals surface area contributed by atoms with E-state index in [1.165, 1.54) is 108 Å². The molecular weight excluding hydrogens is 1590 g/mol. The van der Waals surface area contributed by atoms with Crippen LogP contribution in [0.2, 0.25) is 0 Å². The number of hydrogen-bond acceptors (Lipinski definition) is 27. The van der Waals surface area contributed by atoms with E-state index in [1.54, 1.807) is 141 Å². The lowest BCUT2D eigenvalue weighted by Crippen LogP contribution is -2.68. The predicted octanol–water partition coefficient (Wildman–Crippen LogP) is 15.9. The number of rotatable bonds is 44. The third kappa shape index (κ3) is 27.2. The van der Waals surface area contributed by atoms with E-state index in [0.29, 0.717) is 29.0 Å². The Bertz CT molecular complexity index is 4480. The first-order chi connectivity index (χ1) is 59.5. The van der Waals surface area contributed by atoms with Gasteiger partial charge in [-0.15, -0.1) is 11.8 Å². The molecule has 7 aromatic rings. The fourth-order valence-electron chi connectivity index (χ4n) is 14.6. The molecule has 0 bridgehead atoms. The summed E-state index contributed by atoms with van der Waals surface area (Å²) in [5.74, 6) is -4.99. The Hall–Kier alpha value is -10.5. The number of carbonyl (C=O) groups is 7. The largest absolute Gasteiger partial charge is 0.497 e. The highest BCUT2D eigenvalue weighted by atomic mass is 32.2. The molecule has 4 aliphatic heterocycles. The summed E-state index contributed by atoms with van der Waals surface area (Å²) < 4.78 is 118. The van der Waals surface area contributed by atoms with Crippen molar-refractivity contribution in [3.05, 3.63) is 262 Å². The van der Waals surface area contributed by atoms with Crippen LogP contribution in [0.4, 0.5) is 0 Å². The molecule has 4 aliphatic rings. The number of nitrogens with zero attached hydrogens (tertiary/aromatic N) is 3. The Kier molecular flexibility index (Phi) is 36.5. The van der Waals surface area contributed by atoms with Gasteiger partial charge in [0.25, 0.3) is 0 Å². The number of thioether (sulfide) groups is 1. The molecule has 11 rings (SSSR count). The topological polar surface area (TPSA) is 334 Å². The molecule has 4 fully saturated rings. The molecular formula is C93H107N3O25S. The Morgan fingerprint density at radius 1 is 0.484 bits per heavy atom. The molecule has 29 heteroatoms. The molecule has 0 radical (unpaired) electrons. The van der Waals surface area contributed by atoms with E-state index < -0.39 is 170 Å². The van der Waals surface area contributed by atoms with Gasteiger partial charge in [-0.2, -0.15) is 0 Å². The molecule has 0 spiro atoms. The summed E-state index contributed by atoms with van der Waals surface area (Å²) in [6, 6.07) is 53.8. The number of esters is 7. The van der Waals surface area contributed by atoms with Crippen LogP contribution in [0.1, 0.15) is 169 Å². The van der Waals surface area contributed by atoms with Crippen LogP contribution in [0.5, 0.6) is 11.5 Å². The maximum Gasteiger partial charge on any atom is 0.338 e. The highest BCUT2D eigenvalue weighted by Gasteiger charge is 2.61. The number of benzene rings is 7. The summed E-state index contributed by atoms with van der Waals surface area (Å²) in [4.78, 5) is 104. The van der Waals surface area contributed by atoms with E-state index >= 15 is 14.4 Å². The second kappa shape index (κ2) is 48.3. The molecule has 28 nitrogen and oxygen atoms in total. The number of allylic oxidation sites excluding steroid dienone is 1. The molecule has 7 aromatic carbocycles. The van der Waals surface area contributed by atoms with Crippen molar-refractivity contribution in [2.24, 2.45) is 5.11 Å². The van der Waals surface area contributed by atoms with Gasteiger partial charge in [-0.25, -0.2) is 19.2 Å². The van der Waals surface area contributed by atoms with Crippen LogP contribution in [0, 0.1) is 0 Å². The van der Waals surface area contributed by atoms with Crippen LogP contribution < -0.4 is 9.47 Å². The lowest BCUT2D eigenvalue weighted by Gasteiger charge is -2.52. The summed E-state index contributed by atoms with van der Waals surface area (Å²) in [5.41, 5.74) is 11.2. The maximum atomic E-state index is 15.4. The van der Waals surface area contributed by atoms with Crippen LogP contribution in [0.3, 0.4) is 0 Å². The number of hydrogen-bond donors (Lipinski definition) is 0. The van der Waals surface area contributed by atoms with Crippen LogP contribution in [0.15, 0.2) is 217 Å². The molecule has 4 heterocycles. The minimum Gasteiger partial charge on any atom is -0.497 e. The molecule has 18 atom stereocenters. The van der Waals surface area contributed by atoms with Crippen LogP contribution in [0.25, 0.3) is 10.4 Å². The van der Waals surface area contributed by atoms with E-state index in [1.807, 2.05) is 30.4 Å². The lowest BCUT2D eigenvalue weighted by atomic mass is 9.96. The first kappa shape index (κ1) is 92.2. The standard InChI is InChI=1S/C93H107N3O25S/c1-7-8-9-10-11-12-13-14-15-16-17-18-34-45-73(107-54-63-46-50-70(104-5)51-47-63)72(95-96-94)56-110-91-82(118-88(102)67-39-28-21-29-40-67)80(117-87(101)66-37-26-20-27-38-66)78(74(114-91)58-109-86(100)65-35-24-19-25-36-65)120-92-84(119-89(103)68-41-30-22-31-42-68)85(79-76(115-92)59-111-90(121-79)69-43-32-23-33-44-69)122-93-83(108-55-64-48-52-71(105-6)53-49-64)81(113-62(4)99)77(112-61(3)98)75(116-93)57-106-60(2)97/h19-53,72-85,90-93H,7-18,54-59H2,1-6H3/b45-34+/t72-,73+,74+,75+,76+,77-,78+,79-,80-,81-,82+,83+,84+,85-,90?,91+,92-,93+/m0/s1. The van der Waals surface area contributed by atoms with Crippen molar-refractivity contribution in [1.29, 1.82) is 0 Å². The number of unbranched alkanes of at least 4 members (excludes halogenated alkanes) is 11. The average molecular weight is 1700 g/mol. The lowest BCUT2D eigenvalue weighted by molar-refractivity contribution is -0.366. The van der Waals surface area contributed by atoms with Gasteiger partial charge in [0, 0.05) is 31.2 Å². The Morgan fingerprint density at radius 3 is 1.50 bits per heavy atom. The fraction of sp³-hybridized carbons (Fsp3) is 0.452. The number of methoxy groups -OCH3 is 2. The zero-order chi connectivity index (χ0) is 86.0. The van der Waals surface area contributed by atoms with E-state index in [2.05, 4.69) is 16.9 Å². The molecule has 1 unspecified atom stereocenters. The monoisotopic (exact) mass is 1700 g/mol. The van der Waals surface area contributed by atoms with Crippen molar-refractivity contribution in [3.8, 4) is 11.5 Å². The van der Waals surface area contributed by atoms with Gasteiger partial charge in [0.05, 0.1) is 80.3 Å². The summed E-state index contributed by atoms with van der Waals surface area (Å²) in [7, 11) is 3.08. The number of fused-ring (bicyclic) bond motifs is 1. The van der Waals surface area contributed by atoms with Crippen molar-refractivity contribution in [3.63, 3.8) is 0 Å². The first-order valence-electron chi connectivity index (χ1n) is 41.4. The molecule has 0 N–H and O–H groups in total. The predicted molar refractivity (Wildman–Crippen MR) is 446 cm³/mol. The van der Waals surface area contributed by atoms with Gasteiger partial charge >= 0.3 is 41.8 Å². The quantitative estimate of drug-likeness (QED) is 0.00651. The zero-order valence-corrected chi connectivity index (χ0v) is 70.1. The summed E-state index contributed by atoms with van der Waals surface area (Å²) in [6.45, 7) is 3.40. The fourth-order valence-corrected chi connectivity index (χ4v) is 16.2. The van der Waals surface area contributed by atoms with E-state index in [9.17, 15) is 24.7 Å². The Labute approximate surface area is 714 Å². The molecule has 0 aliphatic carbocycles. The van der Waals surface area contributed by atoms with Gasteiger partial charge in [0.2, 0.25) is 0 Å². The summed E-state index contributed by atoms with van der Waals surface area (Å²) in [5, 5.41) is 2.92. The van der Waals surface area contributed by atoms with Gasteiger partial charge < -0.3 is 85.3 Å². The SMILES string of the molecule is CCCCCCCCCCCCC/C=C/[C@@H](OCc1ccc(OC)cc1)[C@H](CO[C@@H]1O[C@H](COC(=O)c2ccccc2)[C@@H](O[C@@H]2O[C@@H]3COC(c4ccccc4)O[C@@H]3[C@H](S[C@H]3O[C@H](COC(C)=O)[C@H](OC(C)=O)[C@H](OC(C)=O)[C@H]3OCc3ccc(OC)cc3)[C@H]2OC(=O)c2ccccc2)[C@H](OC(=O)c2ccccc2)[C@H]1OC(=O)c1ccccc1)N=[N+]=[N-]. The molecule has 0 amide bonds. The highest BCUT2D eigenvalue weighted by Crippen LogP contribution is 2.47. The molecule has 0 aromatic heterocycles. The smallest absolute Gasteiger partial charge is 0.338 e. The van der Waals surface area contributed by atoms with Crippen LogP contribution >= 0.6 is 11.8 Å². The van der Waals surface area contributed by atoms with Crippen molar-refractivity contribution in [2.75, 3.05) is 40.6 Å². The van der Waals surface area contributed by atoms with Crippen molar-refractivity contribution in [1.82, 2.24) is 0 Å². The molecule has 122 heavy (non-hydrogen) atoms. The third-order valence-corrected chi connectivity index (χ3v) is 22.3. The van der Waals surface area contributed by atoms with E-state index in [0.717, 1.165) is 56.9 Å². The number of ether oxygens (including phenoxy) is 18. The van der Waals surface area contributed by atoms with Gasteiger partial charge in [0.1, 0.15) is 66.8 Å². The summed E-state index contributed by atoms with van der Waals surface area (Å²) >= 11 is 0.948.